The van der Waals surface area contributed by atoms with E-state index in [0.29, 0.717) is 45.1 Å². The van der Waals surface area contributed by atoms with Crippen LogP contribution in [0, 0.1) is 5.82 Å². The smallest absolute Gasteiger partial charge is 0.263 e. The van der Waals surface area contributed by atoms with Crippen molar-refractivity contribution in [2.24, 2.45) is 0 Å². The van der Waals surface area contributed by atoms with Crippen LogP contribution in [-0.2, 0) is 4.79 Å². The number of halogens is 3. The van der Waals surface area contributed by atoms with Gasteiger partial charge in [0.15, 0.2) is 5.13 Å². The summed E-state index contributed by atoms with van der Waals surface area (Å²) in [7, 11) is 0. The molecule has 0 spiro atoms. The molecule has 156 valence electrons. The van der Waals surface area contributed by atoms with E-state index < -0.39 is 11.7 Å². The highest BCUT2D eigenvalue weighted by Crippen LogP contribution is 2.34. The Balaban J connectivity index is 1.96. The van der Waals surface area contributed by atoms with Crippen molar-refractivity contribution in [2.45, 2.75) is 20.3 Å². The summed E-state index contributed by atoms with van der Waals surface area (Å²) in [6.07, 6.45) is 0.648. The minimum atomic E-state index is -0.673. The SMILES string of the molecule is CCCN(C(=O)c1cc(NC(C)=O)ccc1F)c1nc(-c2ccc(Cl)cc2Cl)cs1. The molecule has 0 fully saturated rings. The molecule has 3 aromatic rings. The quantitative estimate of drug-likeness (QED) is 0.466. The third-order valence-electron chi connectivity index (χ3n) is 4.14. The minimum absolute atomic E-state index is 0.143. The van der Waals surface area contributed by atoms with Gasteiger partial charge in [-0.1, -0.05) is 30.1 Å². The predicted molar refractivity (Wildman–Crippen MR) is 120 cm³/mol. The van der Waals surface area contributed by atoms with Gasteiger partial charge in [-0.2, -0.15) is 0 Å². The first-order chi connectivity index (χ1) is 14.3. The van der Waals surface area contributed by atoms with Crippen LogP contribution in [0.3, 0.4) is 0 Å². The maximum atomic E-state index is 14.4. The Bertz CT molecular complexity index is 1100. The molecule has 1 aromatic heterocycles. The molecule has 0 unspecified atom stereocenters. The number of aromatic nitrogens is 1. The highest BCUT2D eigenvalue weighted by atomic mass is 35.5. The van der Waals surface area contributed by atoms with Crippen LogP contribution >= 0.6 is 34.5 Å². The van der Waals surface area contributed by atoms with Crippen molar-refractivity contribution in [1.29, 1.82) is 0 Å². The Kier molecular flexibility index (Phi) is 7.07. The summed E-state index contributed by atoms with van der Waals surface area (Å²) >= 11 is 13.5. The van der Waals surface area contributed by atoms with Crippen LogP contribution in [0.1, 0.15) is 30.6 Å². The molecule has 0 aliphatic rings. The van der Waals surface area contributed by atoms with Gasteiger partial charge in [0, 0.05) is 35.1 Å². The molecule has 0 atom stereocenters. The van der Waals surface area contributed by atoms with Crippen molar-refractivity contribution in [3.8, 4) is 11.3 Å². The Hall–Kier alpha value is -2.48. The highest BCUT2D eigenvalue weighted by molar-refractivity contribution is 7.14. The van der Waals surface area contributed by atoms with Crippen molar-refractivity contribution in [3.05, 3.63) is 63.2 Å². The maximum absolute atomic E-state index is 14.4. The van der Waals surface area contributed by atoms with Gasteiger partial charge in [-0.05, 0) is 42.8 Å². The highest BCUT2D eigenvalue weighted by Gasteiger charge is 2.24. The van der Waals surface area contributed by atoms with E-state index in [9.17, 15) is 14.0 Å². The second-order valence-corrected chi connectivity index (χ2v) is 8.15. The molecule has 1 heterocycles. The summed E-state index contributed by atoms with van der Waals surface area (Å²) in [5.74, 6) is -1.52. The molecular weight excluding hydrogens is 448 g/mol. The van der Waals surface area contributed by atoms with E-state index in [4.69, 9.17) is 23.2 Å². The van der Waals surface area contributed by atoms with Gasteiger partial charge in [0.25, 0.3) is 5.91 Å². The second-order valence-electron chi connectivity index (χ2n) is 6.47. The van der Waals surface area contributed by atoms with Gasteiger partial charge >= 0.3 is 0 Å². The molecule has 5 nitrogen and oxygen atoms in total. The van der Waals surface area contributed by atoms with Gasteiger partial charge < -0.3 is 5.32 Å². The van der Waals surface area contributed by atoms with Gasteiger partial charge in [-0.25, -0.2) is 9.37 Å². The largest absolute Gasteiger partial charge is 0.326 e. The number of rotatable bonds is 6. The Morgan fingerprint density at radius 2 is 1.97 bits per heavy atom. The Morgan fingerprint density at radius 1 is 1.20 bits per heavy atom. The number of nitrogens with zero attached hydrogens (tertiary/aromatic N) is 2. The number of amides is 2. The fourth-order valence-electron chi connectivity index (χ4n) is 2.83. The topological polar surface area (TPSA) is 62.3 Å². The molecule has 0 bridgehead atoms. The zero-order chi connectivity index (χ0) is 21.8. The molecule has 0 aliphatic carbocycles. The van der Waals surface area contributed by atoms with E-state index in [0.717, 1.165) is 6.07 Å². The lowest BCUT2D eigenvalue weighted by molar-refractivity contribution is -0.114. The summed E-state index contributed by atoms with van der Waals surface area (Å²) in [5.41, 5.74) is 1.48. The van der Waals surface area contributed by atoms with Crippen molar-refractivity contribution >= 4 is 57.2 Å². The third-order valence-corrected chi connectivity index (χ3v) is 5.55. The van der Waals surface area contributed by atoms with Crippen molar-refractivity contribution in [1.82, 2.24) is 4.98 Å². The van der Waals surface area contributed by atoms with Gasteiger partial charge in [0.05, 0.1) is 16.3 Å². The zero-order valence-electron chi connectivity index (χ0n) is 16.2. The number of carbonyl (C=O) groups excluding carboxylic acids is 2. The molecule has 2 amide bonds. The standard InChI is InChI=1S/C21H18Cl2FN3O2S/c1-3-8-27(20(29)16-10-14(25-12(2)28)5-7-18(16)24)21-26-19(11-30-21)15-6-4-13(22)9-17(15)23/h4-7,9-11H,3,8H2,1-2H3,(H,25,28). The average molecular weight is 466 g/mol. The molecule has 3 rings (SSSR count). The van der Waals surface area contributed by atoms with Crippen LogP contribution in [0.15, 0.2) is 41.8 Å². The molecule has 0 aliphatic heterocycles. The van der Waals surface area contributed by atoms with Gasteiger partial charge in [0.2, 0.25) is 5.91 Å². The van der Waals surface area contributed by atoms with Crippen LogP contribution in [0.2, 0.25) is 10.0 Å². The molecule has 2 aromatic carbocycles. The molecule has 1 N–H and O–H groups in total. The third kappa shape index (κ3) is 4.98. The monoisotopic (exact) mass is 465 g/mol. The van der Waals surface area contributed by atoms with E-state index in [1.54, 1.807) is 23.6 Å². The number of carbonyl (C=O) groups is 2. The molecule has 0 saturated carbocycles. The van der Waals surface area contributed by atoms with E-state index in [1.165, 1.54) is 35.3 Å². The first kappa shape index (κ1) is 22.2. The normalized spacial score (nSPS) is 10.7. The van der Waals surface area contributed by atoms with Crippen LogP contribution in [-0.4, -0.2) is 23.3 Å². The number of hydrogen-bond acceptors (Lipinski definition) is 4. The van der Waals surface area contributed by atoms with Gasteiger partial charge in [-0.3, -0.25) is 14.5 Å². The lowest BCUT2D eigenvalue weighted by Gasteiger charge is -2.20. The first-order valence-electron chi connectivity index (χ1n) is 9.10. The summed E-state index contributed by atoms with van der Waals surface area (Å²) in [6.45, 7) is 3.60. The Labute approximate surface area is 187 Å². The van der Waals surface area contributed by atoms with E-state index >= 15 is 0 Å². The summed E-state index contributed by atoms with van der Waals surface area (Å²) in [6, 6.07) is 8.97. The summed E-state index contributed by atoms with van der Waals surface area (Å²) in [5, 5.41) is 5.72. The summed E-state index contributed by atoms with van der Waals surface area (Å²) in [4.78, 5) is 30.4. The molecule has 30 heavy (non-hydrogen) atoms. The van der Waals surface area contributed by atoms with Crippen molar-refractivity contribution in [3.63, 3.8) is 0 Å². The van der Waals surface area contributed by atoms with Crippen LogP contribution in [0.5, 0.6) is 0 Å². The van der Waals surface area contributed by atoms with Crippen LogP contribution in [0.4, 0.5) is 15.2 Å². The number of benzene rings is 2. The van der Waals surface area contributed by atoms with Crippen LogP contribution < -0.4 is 10.2 Å². The van der Waals surface area contributed by atoms with E-state index in [1.807, 2.05) is 6.92 Å². The van der Waals surface area contributed by atoms with Gasteiger partial charge in [-0.15, -0.1) is 11.3 Å². The lowest BCUT2D eigenvalue weighted by atomic mass is 10.1. The van der Waals surface area contributed by atoms with E-state index in [-0.39, 0.29) is 11.5 Å². The van der Waals surface area contributed by atoms with Crippen molar-refractivity contribution < 1.29 is 14.0 Å². The summed E-state index contributed by atoms with van der Waals surface area (Å²) < 4.78 is 14.4. The lowest BCUT2D eigenvalue weighted by Crippen LogP contribution is -2.32. The van der Waals surface area contributed by atoms with E-state index in [2.05, 4.69) is 10.3 Å². The zero-order valence-corrected chi connectivity index (χ0v) is 18.5. The number of anilines is 2. The average Bonchev–Trinajstić information content (AvgIpc) is 3.16. The molecule has 0 radical (unpaired) electrons. The second kappa shape index (κ2) is 9.55. The number of thiazole rings is 1. The van der Waals surface area contributed by atoms with Crippen molar-refractivity contribution in [2.75, 3.05) is 16.8 Å². The predicted octanol–water partition coefficient (Wildman–Crippen LogP) is 6.27. The fraction of sp³-hybridized carbons (Fsp3) is 0.190. The Morgan fingerprint density at radius 3 is 2.63 bits per heavy atom. The minimum Gasteiger partial charge on any atom is -0.326 e. The molecular formula is C21H18Cl2FN3O2S. The maximum Gasteiger partial charge on any atom is 0.263 e. The fourth-order valence-corrected chi connectivity index (χ4v) is 4.19. The molecule has 9 heteroatoms. The van der Waals surface area contributed by atoms with Crippen LogP contribution in [0.25, 0.3) is 11.3 Å². The van der Waals surface area contributed by atoms with Gasteiger partial charge in [0.1, 0.15) is 5.82 Å². The number of hydrogen-bond donors (Lipinski definition) is 1. The number of nitrogens with one attached hydrogen (secondary N) is 1. The first-order valence-corrected chi connectivity index (χ1v) is 10.7. The molecule has 0 saturated heterocycles.